The van der Waals surface area contributed by atoms with Crippen LogP contribution in [0.15, 0.2) is 79.1 Å². The molecule has 0 aliphatic carbocycles. The van der Waals surface area contributed by atoms with Crippen LogP contribution in [-0.4, -0.2) is 43.6 Å². The summed E-state index contributed by atoms with van der Waals surface area (Å²) in [5.41, 5.74) is 11.2. The molecule has 3 N–H and O–H groups in total. The number of nitrogens with one attached hydrogen (secondary N) is 1. The van der Waals surface area contributed by atoms with Crippen molar-refractivity contribution < 1.29 is 9.47 Å². The summed E-state index contributed by atoms with van der Waals surface area (Å²) < 4.78 is 14.4. The molecule has 10 heteroatoms. The highest BCUT2D eigenvalue weighted by molar-refractivity contribution is 5.84. The van der Waals surface area contributed by atoms with Gasteiger partial charge < -0.3 is 20.5 Å². The summed E-state index contributed by atoms with van der Waals surface area (Å²) in [5, 5.41) is 13.5. The number of nitrogen functional groups attached to an aromatic ring is 1. The summed E-state index contributed by atoms with van der Waals surface area (Å²) in [6.45, 7) is 0.671. The van der Waals surface area contributed by atoms with Crippen LogP contribution in [0.2, 0.25) is 0 Å². The number of fused-ring (bicyclic) bond motifs is 2. The second kappa shape index (κ2) is 9.15. The van der Waals surface area contributed by atoms with E-state index in [0.29, 0.717) is 35.3 Å². The highest BCUT2D eigenvalue weighted by atomic mass is 16.5. The Bertz CT molecular complexity index is 1700. The molecule has 0 radical (unpaired) electrons. The molecule has 3 heterocycles. The minimum atomic E-state index is 0.280. The van der Waals surface area contributed by atoms with Crippen molar-refractivity contribution in [2.45, 2.75) is 6.54 Å². The maximum atomic E-state index is 6.17. The standard InChI is InChI=1S/C27H24N8O2/c1-36-21-11-20(12-22(13-21)37-2)31-27-32-26-25(28)29-15-24(35(26)33-27)18-8-9-19-14-30-34(23(19)10-18)16-17-6-4-3-5-7-17/h3-15H,16H2,1-2H3,(H2,28,29)(H,31,33). The Morgan fingerprint density at radius 2 is 1.70 bits per heavy atom. The van der Waals surface area contributed by atoms with E-state index in [9.17, 15) is 0 Å². The van der Waals surface area contributed by atoms with Gasteiger partial charge in [-0.3, -0.25) is 4.68 Å². The largest absolute Gasteiger partial charge is 0.497 e. The van der Waals surface area contributed by atoms with Crippen molar-refractivity contribution in [1.82, 2.24) is 29.4 Å². The quantitative estimate of drug-likeness (QED) is 0.334. The summed E-state index contributed by atoms with van der Waals surface area (Å²) in [5.74, 6) is 1.94. The van der Waals surface area contributed by atoms with Crippen molar-refractivity contribution in [3.8, 4) is 22.8 Å². The molecule has 0 aliphatic heterocycles. The normalized spacial score (nSPS) is 11.2. The van der Waals surface area contributed by atoms with E-state index in [2.05, 4.69) is 43.7 Å². The van der Waals surface area contributed by atoms with Crippen LogP contribution in [0.4, 0.5) is 17.5 Å². The van der Waals surface area contributed by atoms with E-state index in [1.54, 1.807) is 31.0 Å². The molecule has 0 amide bonds. The molecule has 0 aliphatic rings. The third kappa shape index (κ3) is 4.25. The van der Waals surface area contributed by atoms with Gasteiger partial charge in [-0.05, 0) is 11.6 Å². The number of hydrogen-bond donors (Lipinski definition) is 2. The maximum absolute atomic E-state index is 6.17. The molecular weight excluding hydrogens is 468 g/mol. The lowest BCUT2D eigenvalue weighted by atomic mass is 10.1. The lowest BCUT2D eigenvalue weighted by Gasteiger charge is -2.08. The number of ether oxygens (including phenoxy) is 2. The molecule has 0 saturated heterocycles. The van der Waals surface area contributed by atoms with Crippen LogP contribution >= 0.6 is 0 Å². The Kier molecular flexibility index (Phi) is 5.53. The number of anilines is 3. The van der Waals surface area contributed by atoms with Crippen LogP contribution in [0.5, 0.6) is 11.5 Å². The predicted molar refractivity (Wildman–Crippen MR) is 142 cm³/mol. The molecule has 0 atom stereocenters. The van der Waals surface area contributed by atoms with Gasteiger partial charge in [-0.15, -0.1) is 5.10 Å². The number of nitrogens with two attached hydrogens (primary N) is 1. The monoisotopic (exact) mass is 492 g/mol. The van der Waals surface area contributed by atoms with Crippen LogP contribution in [0, 0.1) is 0 Å². The summed E-state index contributed by atoms with van der Waals surface area (Å²) in [6.07, 6.45) is 3.58. The fourth-order valence-electron chi connectivity index (χ4n) is 4.26. The smallest absolute Gasteiger partial charge is 0.247 e. The van der Waals surface area contributed by atoms with E-state index in [1.807, 2.05) is 53.3 Å². The maximum Gasteiger partial charge on any atom is 0.247 e. The van der Waals surface area contributed by atoms with Crippen molar-refractivity contribution in [3.05, 3.63) is 84.7 Å². The van der Waals surface area contributed by atoms with Crippen LogP contribution in [-0.2, 0) is 6.54 Å². The minimum Gasteiger partial charge on any atom is -0.497 e. The molecule has 0 fully saturated rings. The molecule has 10 nitrogen and oxygen atoms in total. The average molecular weight is 493 g/mol. The van der Waals surface area contributed by atoms with Gasteiger partial charge in [0, 0.05) is 34.8 Å². The number of aromatic nitrogens is 6. The van der Waals surface area contributed by atoms with Gasteiger partial charge in [0.15, 0.2) is 5.82 Å². The zero-order valence-corrected chi connectivity index (χ0v) is 20.3. The predicted octanol–water partition coefficient (Wildman–Crippen LogP) is 4.53. The fourth-order valence-corrected chi connectivity index (χ4v) is 4.26. The molecule has 0 unspecified atom stereocenters. The second-order valence-electron chi connectivity index (χ2n) is 8.49. The van der Waals surface area contributed by atoms with Gasteiger partial charge in [-0.25, -0.2) is 9.50 Å². The number of rotatable bonds is 7. The molecule has 0 bridgehead atoms. The first-order valence-corrected chi connectivity index (χ1v) is 11.6. The van der Waals surface area contributed by atoms with Crippen molar-refractivity contribution >= 4 is 34.0 Å². The fraction of sp³-hybridized carbons (Fsp3) is 0.111. The number of hydrogen-bond acceptors (Lipinski definition) is 8. The Morgan fingerprint density at radius 1 is 0.919 bits per heavy atom. The van der Waals surface area contributed by atoms with E-state index >= 15 is 0 Å². The highest BCUT2D eigenvalue weighted by Crippen LogP contribution is 2.29. The van der Waals surface area contributed by atoms with E-state index < -0.39 is 0 Å². The zero-order chi connectivity index (χ0) is 25.4. The number of benzene rings is 3. The topological polar surface area (TPSA) is 117 Å². The SMILES string of the molecule is COc1cc(Nc2nc3c(N)ncc(-c4ccc5cnn(Cc6ccccc6)c5c4)n3n2)cc(OC)c1. The van der Waals surface area contributed by atoms with Crippen molar-refractivity contribution in [2.24, 2.45) is 0 Å². The van der Waals surface area contributed by atoms with E-state index in [-0.39, 0.29) is 5.82 Å². The first-order chi connectivity index (χ1) is 18.1. The molecule has 3 aromatic heterocycles. The minimum absolute atomic E-state index is 0.280. The summed E-state index contributed by atoms with van der Waals surface area (Å²) in [4.78, 5) is 8.97. The third-order valence-corrected chi connectivity index (χ3v) is 6.11. The lowest BCUT2D eigenvalue weighted by molar-refractivity contribution is 0.395. The van der Waals surface area contributed by atoms with Crippen LogP contribution in [0.3, 0.4) is 0 Å². The first-order valence-electron chi connectivity index (χ1n) is 11.6. The Hall–Kier alpha value is -5.12. The molecule has 184 valence electrons. The molecule has 37 heavy (non-hydrogen) atoms. The molecule has 3 aromatic carbocycles. The van der Waals surface area contributed by atoms with Crippen molar-refractivity contribution in [3.63, 3.8) is 0 Å². The Balaban J connectivity index is 1.39. The highest BCUT2D eigenvalue weighted by Gasteiger charge is 2.15. The van der Waals surface area contributed by atoms with Crippen LogP contribution in [0.1, 0.15) is 5.56 Å². The summed E-state index contributed by atoms with van der Waals surface area (Å²) >= 11 is 0. The van der Waals surface area contributed by atoms with Crippen LogP contribution in [0.25, 0.3) is 27.8 Å². The molecular formula is C27H24N8O2. The molecule has 6 rings (SSSR count). The Morgan fingerprint density at radius 3 is 2.46 bits per heavy atom. The summed E-state index contributed by atoms with van der Waals surface area (Å²) in [7, 11) is 3.20. The van der Waals surface area contributed by atoms with E-state index in [0.717, 1.165) is 22.2 Å². The number of methoxy groups -OCH3 is 2. The third-order valence-electron chi connectivity index (χ3n) is 6.11. The van der Waals surface area contributed by atoms with Gasteiger partial charge in [-0.2, -0.15) is 10.1 Å². The first kappa shape index (κ1) is 22.4. The van der Waals surface area contributed by atoms with Gasteiger partial charge in [0.25, 0.3) is 0 Å². The Labute approximate surface area is 212 Å². The van der Waals surface area contributed by atoms with Gasteiger partial charge in [-0.1, -0.05) is 42.5 Å². The molecule has 0 saturated carbocycles. The van der Waals surface area contributed by atoms with Crippen molar-refractivity contribution in [1.29, 1.82) is 0 Å². The lowest BCUT2D eigenvalue weighted by Crippen LogP contribution is -2.03. The van der Waals surface area contributed by atoms with Crippen molar-refractivity contribution in [2.75, 3.05) is 25.3 Å². The second-order valence-corrected chi connectivity index (χ2v) is 8.49. The van der Waals surface area contributed by atoms with E-state index in [4.69, 9.17) is 15.2 Å². The summed E-state index contributed by atoms with van der Waals surface area (Å²) in [6, 6.07) is 21.8. The zero-order valence-electron chi connectivity index (χ0n) is 20.3. The number of nitrogens with zero attached hydrogens (tertiary/aromatic N) is 6. The van der Waals surface area contributed by atoms with Gasteiger partial charge in [0.05, 0.1) is 44.4 Å². The van der Waals surface area contributed by atoms with Gasteiger partial charge in [0.1, 0.15) is 11.5 Å². The molecule has 0 spiro atoms. The van der Waals surface area contributed by atoms with Gasteiger partial charge in [0.2, 0.25) is 11.6 Å². The average Bonchev–Trinajstić information content (AvgIpc) is 3.53. The van der Waals surface area contributed by atoms with E-state index in [1.165, 1.54) is 5.56 Å². The van der Waals surface area contributed by atoms with Gasteiger partial charge >= 0.3 is 0 Å². The molecule has 6 aromatic rings. The van der Waals surface area contributed by atoms with Crippen LogP contribution < -0.4 is 20.5 Å².